The predicted molar refractivity (Wildman–Crippen MR) is 73.0 cm³/mol. The number of hydrogen-bond acceptors (Lipinski definition) is 3. The van der Waals surface area contributed by atoms with Crippen molar-refractivity contribution in [2.24, 2.45) is 5.92 Å². The molecular weight excluding hydrogens is 222 g/mol. The third-order valence-corrected chi connectivity index (χ3v) is 6.49. The van der Waals surface area contributed by atoms with Gasteiger partial charge in [0.05, 0.1) is 0 Å². The first kappa shape index (κ1) is 12.1. The number of hydrogen-bond donors (Lipinski definition) is 1. The molecule has 1 N–H and O–H groups in total. The molecule has 2 rings (SSSR count). The van der Waals surface area contributed by atoms with Crippen molar-refractivity contribution in [1.82, 2.24) is 5.32 Å². The van der Waals surface area contributed by atoms with Crippen molar-refractivity contribution in [3.05, 3.63) is 0 Å². The number of rotatable bonds is 5. The average molecular weight is 245 g/mol. The Morgan fingerprint density at radius 2 is 2.20 bits per heavy atom. The number of nitrogens with one attached hydrogen (secondary N) is 1. The van der Waals surface area contributed by atoms with Crippen LogP contribution >= 0.6 is 23.5 Å². The highest BCUT2D eigenvalue weighted by Gasteiger charge is 2.28. The molecule has 1 saturated carbocycles. The zero-order valence-electron chi connectivity index (χ0n) is 9.71. The molecule has 88 valence electrons. The Morgan fingerprint density at radius 3 is 2.73 bits per heavy atom. The zero-order chi connectivity index (χ0) is 10.5. The molecule has 0 bridgehead atoms. The summed E-state index contributed by atoms with van der Waals surface area (Å²) < 4.78 is 0. The Balaban J connectivity index is 1.79. The minimum absolute atomic E-state index is 0.790. The van der Waals surface area contributed by atoms with Crippen LogP contribution in [0.25, 0.3) is 0 Å². The Kier molecular flexibility index (Phi) is 5.18. The molecule has 0 spiro atoms. The number of thioether (sulfide) groups is 2. The fourth-order valence-electron chi connectivity index (χ4n) is 2.45. The molecule has 2 fully saturated rings. The highest BCUT2D eigenvalue weighted by atomic mass is 32.2. The van der Waals surface area contributed by atoms with Gasteiger partial charge in [-0.2, -0.15) is 23.5 Å². The van der Waals surface area contributed by atoms with E-state index < -0.39 is 0 Å². The van der Waals surface area contributed by atoms with E-state index in [0.717, 1.165) is 23.8 Å². The van der Waals surface area contributed by atoms with Gasteiger partial charge < -0.3 is 5.32 Å². The lowest BCUT2D eigenvalue weighted by Gasteiger charge is -2.35. The van der Waals surface area contributed by atoms with Gasteiger partial charge in [-0.1, -0.05) is 26.2 Å². The Hall–Kier alpha value is 0.660. The molecule has 3 heteroatoms. The molecule has 2 unspecified atom stereocenters. The molecule has 0 radical (unpaired) electrons. The van der Waals surface area contributed by atoms with Gasteiger partial charge in [0, 0.05) is 28.6 Å². The first-order chi connectivity index (χ1) is 7.40. The largest absolute Gasteiger partial charge is 0.313 e. The van der Waals surface area contributed by atoms with Crippen molar-refractivity contribution in [3.8, 4) is 0 Å². The molecule has 0 aromatic heterocycles. The minimum Gasteiger partial charge on any atom is -0.313 e. The highest BCUT2D eigenvalue weighted by molar-refractivity contribution is 8.06. The summed E-state index contributed by atoms with van der Waals surface area (Å²) in [6.07, 6.45) is 5.90. The van der Waals surface area contributed by atoms with Crippen LogP contribution in [0.4, 0.5) is 0 Å². The van der Waals surface area contributed by atoms with E-state index in [9.17, 15) is 0 Å². The highest BCUT2D eigenvalue weighted by Crippen LogP contribution is 2.35. The lowest BCUT2D eigenvalue weighted by molar-refractivity contribution is 0.261. The zero-order valence-corrected chi connectivity index (χ0v) is 11.3. The fourth-order valence-corrected chi connectivity index (χ4v) is 5.36. The lowest BCUT2D eigenvalue weighted by Crippen LogP contribution is -2.43. The Bertz CT molecular complexity index is 176. The summed E-state index contributed by atoms with van der Waals surface area (Å²) in [5.41, 5.74) is 0. The Labute approximate surface area is 103 Å². The standard InChI is InChI=1S/C12H23NS2/c1-2-13-11(8-10-4-3-5-10)12-9-14-6-7-15-12/h10-13H,2-9H2,1H3. The minimum atomic E-state index is 0.790. The summed E-state index contributed by atoms with van der Waals surface area (Å²) in [7, 11) is 0. The maximum atomic E-state index is 3.72. The molecule has 1 aliphatic carbocycles. The monoisotopic (exact) mass is 245 g/mol. The van der Waals surface area contributed by atoms with Crippen molar-refractivity contribution < 1.29 is 0 Å². The summed E-state index contributed by atoms with van der Waals surface area (Å²) in [5.74, 6) is 5.14. The van der Waals surface area contributed by atoms with E-state index in [-0.39, 0.29) is 0 Å². The lowest BCUT2D eigenvalue weighted by atomic mass is 9.80. The van der Waals surface area contributed by atoms with Crippen LogP contribution in [0.15, 0.2) is 0 Å². The molecule has 2 atom stereocenters. The molecule has 1 heterocycles. The third-order valence-electron chi connectivity index (χ3n) is 3.57. The normalized spacial score (nSPS) is 29.8. The summed E-state index contributed by atoms with van der Waals surface area (Å²) in [5, 5.41) is 4.60. The van der Waals surface area contributed by atoms with E-state index in [4.69, 9.17) is 0 Å². The van der Waals surface area contributed by atoms with Crippen molar-refractivity contribution in [2.75, 3.05) is 23.8 Å². The second kappa shape index (κ2) is 6.41. The predicted octanol–water partition coefficient (Wildman–Crippen LogP) is 3.00. The van der Waals surface area contributed by atoms with Gasteiger partial charge in [-0.3, -0.25) is 0 Å². The molecule has 1 aliphatic heterocycles. The van der Waals surface area contributed by atoms with E-state index in [1.165, 1.54) is 42.9 Å². The van der Waals surface area contributed by atoms with Crippen molar-refractivity contribution in [3.63, 3.8) is 0 Å². The van der Waals surface area contributed by atoms with Crippen molar-refractivity contribution in [2.45, 2.75) is 43.9 Å². The van der Waals surface area contributed by atoms with Gasteiger partial charge in [-0.15, -0.1) is 0 Å². The molecule has 1 nitrogen and oxygen atoms in total. The first-order valence-electron chi connectivity index (χ1n) is 6.33. The van der Waals surface area contributed by atoms with Gasteiger partial charge in [0.1, 0.15) is 0 Å². The van der Waals surface area contributed by atoms with Crippen molar-refractivity contribution in [1.29, 1.82) is 0 Å². The first-order valence-corrected chi connectivity index (χ1v) is 8.53. The van der Waals surface area contributed by atoms with E-state index in [0.29, 0.717) is 0 Å². The van der Waals surface area contributed by atoms with Crippen LogP contribution in [0, 0.1) is 5.92 Å². The second-order valence-corrected chi connectivity index (χ2v) is 7.18. The van der Waals surface area contributed by atoms with Crippen LogP contribution in [-0.4, -0.2) is 35.1 Å². The van der Waals surface area contributed by atoms with E-state index in [1.54, 1.807) is 0 Å². The van der Waals surface area contributed by atoms with Crippen LogP contribution in [0.3, 0.4) is 0 Å². The van der Waals surface area contributed by atoms with Gasteiger partial charge in [-0.25, -0.2) is 0 Å². The second-order valence-electron chi connectivity index (χ2n) is 4.68. The smallest absolute Gasteiger partial charge is 0.0292 e. The van der Waals surface area contributed by atoms with E-state index >= 15 is 0 Å². The van der Waals surface area contributed by atoms with E-state index in [1.807, 2.05) is 0 Å². The fraction of sp³-hybridized carbons (Fsp3) is 1.00. The topological polar surface area (TPSA) is 12.0 Å². The molecular formula is C12H23NS2. The summed E-state index contributed by atoms with van der Waals surface area (Å²) in [6, 6.07) is 0.790. The third kappa shape index (κ3) is 3.57. The van der Waals surface area contributed by atoms with Gasteiger partial charge in [0.2, 0.25) is 0 Å². The summed E-state index contributed by atoms with van der Waals surface area (Å²) in [6.45, 7) is 3.38. The molecule has 0 amide bonds. The van der Waals surface area contributed by atoms with Gasteiger partial charge >= 0.3 is 0 Å². The molecule has 2 aliphatic rings. The summed E-state index contributed by atoms with van der Waals surface area (Å²) >= 11 is 4.35. The van der Waals surface area contributed by atoms with Crippen LogP contribution < -0.4 is 5.32 Å². The Morgan fingerprint density at radius 1 is 1.33 bits per heavy atom. The van der Waals surface area contributed by atoms with Crippen LogP contribution in [0.2, 0.25) is 0 Å². The van der Waals surface area contributed by atoms with E-state index in [2.05, 4.69) is 35.8 Å². The van der Waals surface area contributed by atoms with Gasteiger partial charge in [0.15, 0.2) is 0 Å². The molecule has 0 aromatic rings. The molecule has 0 aromatic carbocycles. The van der Waals surface area contributed by atoms with Gasteiger partial charge in [0.25, 0.3) is 0 Å². The quantitative estimate of drug-likeness (QED) is 0.800. The maximum Gasteiger partial charge on any atom is 0.0292 e. The molecule has 1 saturated heterocycles. The summed E-state index contributed by atoms with van der Waals surface area (Å²) in [4.78, 5) is 0. The SMILES string of the molecule is CCNC(CC1CCC1)C1CSCCS1. The van der Waals surface area contributed by atoms with Crippen molar-refractivity contribution >= 4 is 23.5 Å². The van der Waals surface area contributed by atoms with Crippen LogP contribution in [0.1, 0.15) is 32.6 Å². The van der Waals surface area contributed by atoms with Crippen LogP contribution in [0.5, 0.6) is 0 Å². The average Bonchev–Trinajstić information content (AvgIpc) is 2.23. The maximum absolute atomic E-state index is 3.72. The van der Waals surface area contributed by atoms with Crippen LogP contribution in [-0.2, 0) is 0 Å². The van der Waals surface area contributed by atoms with Gasteiger partial charge in [-0.05, 0) is 18.9 Å². The molecule has 15 heavy (non-hydrogen) atoms.